The van der Waals surface area contributed by atoms with Crippen LogP contribution in [0.5, 0.6) is 5.75 Å². The molecule has 1 aliphatic heterocycles. The molecule has 4 rings (SSSR count). The number of pyridine rings is 1. The minimum Gasteiger partial charge on any atom is -0.506 e. The van der Waals surface area contributed by atoms with Crippen LogP contribution in [0.25, 0.3) is 10.9 Å². The van der Waals surface area contributed by atoms with Gasteiger partial charge in [-0.25, -0.2) is 0 Å². The Hall–Kier alpha value is -2.75. The number of fused-ring (bicyclic) bond motifs is 1. The highest BCUT2D eigenvalue weighted by Crippen LogP contribution is 2.31. The van der Waals surface area contributed by atoms with Crippen LogP contribution in [-0.2, 0) is 11.2 Å². The molecule has 2 aromatic carbocycles. The first-order valence-electron chi connectivity index (χ1n) is 12.7. The van der Waals surface area contributed by atoms with E-state index in [1.165, 1.54) is 17.7 Å². The van der Waals surface area contributed by atoms with Crippen LogP contribution in [0, 0.1) is 5.41 Å². The Bertz CT molecular complexity index is 1160. The SMILES string of the molecule is O=c1ccc2c([C@@H](O)CNCC3(CO)CCN(CCOCCc4ccccc4)CC3)ccc(O)c2[nH]1. The maximum atomic E-state index is 11.6. The minimum absolute atomic E-state index is 0.0285. The van der Waals surface area contributed by atoms with Crippen molar-refractivity contribution in [1.82, 2.24) is 15.2 Å². The lowest BCUT2D eigenvalue weighted by Gasteiger charge is -2.41. The molecular formula is C28H37N3O5. The summed E-state index contributed by atoms with van der Waals surface area (Å²) in [5, 5.41) is 35.0. The topological polar surface area (TPSA) is 118 Å². The second-order valence-electron chi connectivity index (χ2n) is 9.78. The molecule has 5 N–H and O–H groups in total. The van der Waals surface area contributed by atoms with Crippen LogP contribution in [0.4, 0.5) is 0 Å². The monoisotopic (exact) mass is 495 g/mol. The number of aliphatic hydroxyl groups is 2. The van der Waals surface area contributed by atoms with Crippen LogP contribution < -0.4 is 10.9 Å². The van der Waals surface area contributed by atoms with Crippen molar-refractivity contribution in [2.45, 2.75) is 25.4 Å². The molecule has 1 saturated heterocycles. The second kappa shape index (κ2) is 12.5. The van der Waals surface area contributed by atoms with E-state index in [1.807, 2.05) is 18.2 Å². The molecule has 0 amide bonds. The quantitative estimate of drug-likeness (QED) is 0.245. The van der Waals surface area contributed by atoms with Gasteiger partial charge in [-0.2, -0.15) is 0 Å². The van der Waals surface area contributed by atoms with E-state index in [0.717, 1.165) is 45.5 Å². The standard InChI is InChI=1S/C28H37N3O5/c32-20-28(11-13-31(14-12-28)15-17-36-16-10-21-4-2-1-3-5-21)19-29-18-25(34)22-6-8-24(33)27-23(22)7-9-26(35)30-27/h1-9,25,29,32-34H,10-20H2,(H,30,35)/t25-/m0/s1. The number of aromatic nitrogens is 1. The van der Waals surface area contributed by atoms with E-state index in [-0.39, 0.29) is 23.3 Å². The summed E-state index contributed by atoms with van der Waals surface area (Å²) in [6.07, 6.45) is 1.85. The number of nitrogens with one attached hydrogen (secondary N) is 2. The van der Waals surface area contributed by atoms with Crippen LogP contribution in [0.3, 0.4) is 0 Å². The zero-order valence-electron chi connectivity index (χ0n) is 20.7. The Kier molecular flexibility index (Phi) is 9.12. The second-order valence-corrected chi connectivity index (χ2v) is 9.78. The van der Waals surface area contributed by atoms with Crippen molar-refractivity contribution in [1.29, 1.82) is 0 Å². The number of rotatable bonds is 12. The van der Waals surface area contributed by atoms with Gasteiger partial charge in [0.25, 0.3) is 0 Å². The summed E-state index contributed by atoms with van der Waals surface area (Å²) in [6, 6.07) is 16.5. The summed E-state index contributed by atoms with van der Waals surface area (Å²) in [5.41, 5.74) is 1.72. The largest absolute Gasteiger partial charge is 0.506 e. The smallest absolute Gasteiger partial charge is 0.248 e. The number of nitrogens with zero attached hydrogens (tertiary/aromatic N) is 1. The molecule has 8 nitrogen and oxygen atoms in total. The molecule has 0 radical (unpaired) electrons. The first kappa shape index (κ1) is 26.3. The molecule has 1 aromatic heterocycles. The van der Waals surface area contributed by atoms with Crippen molar-refractivity contribution in [2.75, 3.05) is 52.5 Å². The van der Waals surface area contributed by atoms with E-state index < -0.39 is 6.10 Å². The van der Waals surface area contributed by atoms with Crippen molar-refractivity contribution >= 4 is 10.9 Å². The fraction of sp³-hybridized carbons (Fsp3) is 0.464. The van der Waals surface area contributed by atoms with Crippen LogP contribution in [0.1, 0.15) is 30.1 Å². The first-order valence-corrected chi connectivity index (χ1v) is 12.7. The number of hydrogen-bond acceptors (Lipinski definition) is 7. The Morgan fingerprint density at radius 1 is 1.06 bits per heavy atom. The van der Waals surface area contributed by atoms with Crippen LogP contribution in [0.2, 0.25) is 0 Å². The van der Waals surface area contributed by atoms with Gasteiger partial charge in [0.1, 0.15) is 5.75 Å². The lowest BCUT2D eigenvalue weighted by molar-refractivity contribution is 0.0274. The van der Waals surface area contributed by atoms with E-state index >= 15 is 0 Å². The van der Waals surface area contributed by atoms with Gasteiger partial charge in [-0.3, -0.25) is 4.79 Å². The molecule has 0 unspecified atom stereocenters. The first-order chi connectivity index (χ1) is 17.5. The lowest BCUT2D eigenvalue weighted by Crippen LogP contribution is -2.48. The molecule has 2 heterocycles. The van der Waals surface area contributed by atoms with Gasteiger partial charge in [0.2, 0.25) is 5.56 Å². The van der Waals surface area contributed by atoms with Crippen LogP contribution >= 0.6 is 0 Å². The van der Waals surface area contributed by atoms with E-state index in [4.69, 9.17) is 4.74 Å². The Balaban J connectivity index is 1.20. The van der Waals surface area contributed by atoms with Gasteiger partial charge in [0, 0.05) is 36.5 Å². The van der Waals surface area contributed by atoms with E-state index in [0.29, 0.717) is 36.2 Å². The van der Waals surface area contributed by atoms with E-state index in [2.05, 4.69) is 27.3 Å². The van der Waals surface area contributed by atoms with E-state index in [9.17, 15) is 20.1 Å². The van der Waals surface area contributed by atoms with Gasteiger partial charge in [-0.1, -0.05) is 36.4 Å². The zero-order chi connectivity index (χ0) is 25.4. The van der Waals surface area contributed by atoms with Gasteiger partial charge in [-0.05, 0) is 55.6 Å². The molecule has 0 bridgehead atoms. The third kappa shape index (κ3) is 6.72. The average molecular weight is 496 g/mol. The molecule has 3 aromatic rings. The summed E-state index contributed by atoms with van der Waals surface area (Å²) in [6.45, 7) is 5.13. The van der Waals surface area contributed by atoms with Crippen molar-refractivity contribution in [2.24, 2.45) is 5.41 Å². The Labute approximate surface area is 211 Å². The van der Waals surface area contributed by atoms with Gasteiger partial charge >= 0.3 is 0 Å². The summed E-state index contributed by atoms with van der Waals surface area (Å²) in [7, 11) is 0. The highest BCUT2D eigenvalue weighted by molar-refractivity contribution is 5.87. The summed E-state index contributed by atoms with van der Waals surface area (Å²) in [5.74, 6) is -0.0285. The molecule has 0 saturated carbocycles. The number of piperidine rings is 1. The van der Waals surface area contributed by atoms with Gasteiger partial charge < -0.3 is 35.3 Å². The highest BCUT2D eigenvalue weighted by Gasteiger charge is 2.33. The van der Waals surface area contributed by atoms with Crippen LogP contribution in [-0.4, -0.2) is 77.7 Å². The number of aromatic amines is 1. The number of H-pyrrole nitrogens is 1. The summed E-state index contributed by atoms with van der Waals surface area (Å²) < 4.78 is 5.83. The third-order valence-corrected chi connectivity index (χ3v) is 7.29. The average Bonchev–Trinajstić information content (AvgIpc) is 2.90. The Morgan fingerprint density at radius 3 is 2.58 bits per heavy atom. The van der Waals surface area contributed by atoms with Crippen molar-refractivity contribution < 1.29 is 20.1 Å². The molecular weight excluding hydrogens is 458 g/mol. The summed E-state index contributed by atoms with van der Waals surface area (Å²) in [4.78, 5) is 16.6. The number of phenolic OH excluding ortho intramolecular Hbond substituents is 1. The predicted molar refractivity (Wildman–Crippen MR) is 140 cm³/mol. The molecule has 0 spiro atoms. The number of benzene rings is 2. The van der Waals surface area contributed by atoms with Gasteiger partial charge in [-0.15, -0.1) is 0 Å². The number of ether oxygens (including phenoxy) is 1. The number of likely N-dealkylation sites (tertiary alicyclic amines) is 1. The normalized spacial score (nSPS) is 16.8. The molecule has 1 aliphatic rings. The van der Waals surface area contributed by atoms with Crippen molar-refractivity contribution in [3.8, 4) is 5.75 Å². The highest BCUT2D eigenvalue weighted by atomic mass is 16.5. The number of hydrogen-bond donors (Lipinski definition) is 5. The van der Waals surface area contributed by atoms with Crippen molar-refractivity contribution in [3.05, 3.63) is 76.1 Å². The molecule has 194 valence electrons. The van der Waals surface area contributed by atoms with Gasteiger partial charge in [0.15, 0.2) is 0 Å². The number of aromatic hydroxyl groups is 1. The molecule has 0 aliphatic carbocycles. The minimum atomic E-state index is -0.817. The fourth-order valence-electron chi connectivity index (χ4n) is 4.91. The maximum Gasteiger partial charge on any atom is 0.248 e. The number of aliphatic hydroxyl groups excluding tert-OH is 2. The molecule has 1 fully saturated rings. The van der Waals surface area contributed by atoms with Crippen molar-refractivity contribution in [3.63, 3.8) is 0 Å². The fourth-order valence-corrected chi connectivity index (χ4v) is 4.91. The molecule has 1 atom stereocenters. The lowest BCUT2D eigenvalue weighted by atomic mass is 9.79. The van der Waals surface area contributed by atoms with E-state index in [1.54, 1.807) is 12.1 Å². The van der Waals surface area contributed by atoms with Crippen LogP contribution in [0.15, 0.2) is 59.4 Å². The molecule has 8 heteroatoms. The summed E-state index contributed by atoms with van der Waals surface area (Å²) >= 11 is 0. The predicted octanol–water partition coefficient (Wildman–Crippen LogP) is 2.19. The maximum absolute atomic E-state index is 11.6. The zero-order valence-corrected chi connectivity index (χ0v) is 20.7. The molecule has 36 heavy (non-hydrogen) atoms. The Morgan fingerprint density at radius 2 is 1.83 bits per heavy atom. The van der Waals surface area contributed by atoms with Gasteiger partial charge in [0.05, 0.1) is 31.4 Å². The third-order valence-electron chi connectivity index (χ3n) is 7.29. The number of phenols is 1.